The van der Waals surface area contributed by atoms with Crippen LogP contribution in [0.2, 0.25) is 0 Å². The SMILES string of the molecule is C=CC[N+](CC=C)(CC=C)CCCCCC[N+](CC=C)(CC=C)CC=C.[F-].[F-]. The van der Waals surface area contributed by atoms with Crippen molar-refractivity contribution in [1.82, 2.24) is 0 Å². The third-order valence-electron chi connectivity index (χ3n) is 5.11. The molecule has 0 saturated heterocycles. The Kier molecular flexibility index (Phi) is 20.5. The van der Waals surface area contributed by atoms with E-state index < -0.39 is 0 Å². The van der Waals surface area contributed by atoms with Gasteiger partial charge in [0.05, 0.1) is 52.4 Å². The predicted octanol–water partition coefficient (Wildman–Crippen LogP) is -0.696. The second-order valence-electron chi connectivity index (χ2n) is 7.37. The molecule has 0 bridgehead atoms. The van der Waals surface area contributed by atoms with Crippen LogP contribution in [-0.4, -0.2) is 61.3 Å². The molecule has 28 heavy (non-hydrogen) atoms. The number of nitrogens with zero attached hydrogens (tertiary/aromatic N) is 2. The number of hydrogen-bond acceptors (Lipinski definition) is 0. The molecule has 0 aromatic rings. The first-order chi connectivity index (χ1) is 12.6. The first-order valence-electron chi connectivity index (χ1n) is 9.93. The van der Waals surface area contributed by atoms with Crippen LogP contribution in [0.5, 0.6) is 0 Å². The highest BCUT2D eigenvalue weighted by molar-refractivity contribution is 4.77. The van der Waals surface area contributed by atoms with Crippen molar-refractivity contribution >= 4 is 0 Å². The van der Waals surface area contributed by atoms with Crippen LogP contribution in [-0.2, 0) is 0 Å². The first kappa shape index (κ1) is 30.9. The molecule has 4 heteroatoms. The van der Waals surface area contributed by atoms with E-state index in [0.29, 0.717) is 0 Å². The number of halogens is 2. The van der Waals surface area contributed by atoms with Crippen LogP contribution in [0.25, 0.3) is 0 Å². The fraction of sp³-hybridized carbons (Fsp3) is 0.500. The summed E-state index contributed by atoms with van der Waals surface area (Å²) < 4.78 is 2.00. The summed E-state index contributed by atoms with van der Waals surface area (Å²) >= 11 is 0. The molecule has 0 spiro atoms. The number of unbranched alkanes of at least 4 members (excludes halogenated alkanes) is 3. The molecule has 0 aromatic carbocycles. The van der Waals surface area contributed by atoms with Crippen LogP contribution < -0.4 is 9.41 Å². The summed E-state index contributed by atoms with van der Waals surface area (Å²) in [4.78, 5) is 0. The molecular formula is C24H42F2N2. The van der Waals surface area contributed by atoms with E-state index in [2.05, 4.69) is 39.5 Å². The summed E-state index contributed by atoms with van der Waals surface area (Å²) in [7, 11) is 0. The molecule has 0 atom stereocenters. The zero-order chi connectivity index (χ0) is 19.7. The van der Waals surface area contributed by atoms with E-state index >= 15 is 0 Å². The molecule has 0 radical (unpaired) electrons. The van der Waals surface area contributed by atoms with Crippen molar-refractivity contribution in [2.75, 3.05) is 52.4 Å². The molecule has 0 rings (SSSR count). The van der Waals surface area contributed by atoms with Crippen molar-refractivity contribution in [3.8, 4) is 0 Å². The number of quaternary nitrogens is 2. The van der Waals surface area contributed by atoms with Gasteiger partial charge in [-0.15, -0.1) is 0 Å². The second-order valence-corrected chi connectivity index (χ2v) is 7.37. The van der Waals surface area contributed by atoms with Crippen molar-refractivity contribution in [3.63, 3.8) is 0 Å². The molecule has 0 aliphatic heterocycles. The molecule has 0 saturated carbocycles. The quantitative estimate of drug-likeness (QED) is 0.154. The third-order valence-corrected chi connectivity index (χ3v) is 5.11. The molecule has 0 aliphatic carbocycles. The maximum absolute atomic E-state index is 3.94. The van der Waals surface area contributed by atoms with Gasteiger partial charge in [0.2, 0.25) is 0 Å². The molecule has 0 aromatic heterocycles. The molecule has 0 fully saturated rings. The molecule has 2 nitrogen and oxygen atoms in total. The van der Waals surface area contributed by atoms with Crippen molar-refractivity contribution < 1.29 is 18.4 Å². The van der Waals surface area contributed by atoms with Crippen molar-refractivity contribution in [3.05, 3.63) is 75.9 Å². The Bertz CT molecular complexity index is 362. The second kappa shape index (κ2) is 18.6. The highest BCUT2D eigenvalue weighted by Gasteiger charge is 2.23. The van der Waals surface area contributed by atoms with E-state index in [1.54, 1.807) is 0 Å². The maximum Gasteiger partial charge on any atom is 0.0975 e. The van der Waals surface area contributed by atoms with Crippen molar-refractivity contribution in [2.45, 2.75) is 25.7 Å². The van der Waals surface area contributed by atoms with Gasteiger partial charge in [-0.25, -0.2) is 0 Å². The van der Waals surface area contributed by atoms with Crippen LogP contribution >= 0.6 is 0 Å². The molecule has 0 aliphatic rings. The Morgan fingerprint density at radius 2 is 0.607 bits per heavy atom. The van der Waals surface area contributed by atoms with Crippen molar-refractivity contribution in [2.24, 2.45) is 0 Å². The largest absolute Gasteiger partial charge is 1.00 e. The van der Waals surface area contributed by atoms with Gasteiger partial charge >= 0.3 is 0 Å². The molecular weight excluding hydrogens is 354 g/mol. The topological polar surface area (TPSA) is 0 Å². The lowest BCUT2D eigenvalue weighted by Gasteiger charge is -2.37. The molecule has 0 heterocycles. The van der Waals surface area contributed by atoms with Gasteiger partial charge in [0.25, 0.3) is 0 Å². The molecule has 0 unspecified atom stereocenters. The smallest absolute Gasteiger partial charge is 0.0975 e. The van der Waals surface area contributed by atoms with Gasteiger partial charge in [0.15, 0.2) is 0 Å². The van der Waals surface area contributed by atoms with Crippen LogP contribution in [0, 0.1) is 0 Å². The van der Waals surface area contributed by atoms with Gasteiger partial charge in [-0.05, 0) is 62.1 Å². The standard InChI is InChI=1S/C24H42N2.2FH/c1-7-17-25(18-8-2,19-9-3)23-15-13-14-16-24-26(20-10-4,21-11-5)22-12-6;;/h7-12H,1-6,13-24H2;2*1H/q+2;;/p-2. The van der Waals surface area contributed by atoms with E-state index in [-0.39, 0.29) is 9.41 Å². The average molecular weight is 397 g/mol. The summed E-state index contributed by atoms with van der Waals surface area (Å²) in [6.07, 6.45) is 17.2. The van der Waals surface area contributed by atoms with E-state index in [1.165, 1.54) is 25.7 Å². The molecule has 0 N–H and O–H groups in total. The Labute approximate surface area is 172 Å². The zero-order valence-corrected chi connectivity index (χ0v) is 17.8. The van der Waals surface area contributed by atoms with Crippen LogP contribution in [0.4, 0.5) is 0 Å². The van der Waals surface area contributed by atoms with Crippen LogP contribution in [0.15, 0.2) is 75.9 Å². The molecule has 162 valence electrons. The Hall–Kier alpha value is -1.78. The average Bonchev–Trinajstić information content (AvgIpc) is 2.59. The normalized spacial score (nSPS) is 10.7. The lowest BCUT2D eigenvalue weighted by Crippen LogP contribution is -3.00. The minimum Gasteiger partial charge on any atom is -1.00 e. The Morgan fingerprint density at radius 3 is 0.786 bits per heavy atom. The maximum atomic E-state index is 3.94. The minimum atomic E-state index is 0. The fourth-order valence-electron chi connectivity index (χ4n) is 3.89. The summed E-state index contributed by atoms with van der Waals surface area (Å²) in [6.45, 7) is 31.8. The Balaban J connectivity index is -0.00000312. The number of rotatable bonds is 19. The van der Waals surface area contributed by atoms with Crippen molar-refractivity contribution in [1.29, 1.82) is 0 Å². The zero-order valence-electron chi connectivity index (χ0n) is 17.8. The highest BCUT2D eigenvalue weighted by Crippen LogP contribution is 2.15. The van der Waals surface area contributed by atoms with Gasteiger partial charge < -0.3 is 18.4 Å². The lowest BCUT2D eigenvalue weighted by molar-refractivity contribution is -0.912. The van der Waals surface area contributed by atoms with Gasteiger partial charge in [0.1, 0.15) is 0 Å². The van der Waals surface area contributed by atoms with Gasteiger partial charge in [0, 0.05) is 0 Å². The summed E-state index contributed by atoms with van der Waals surface area (Å²) in [5.41, 5.74) is 0. The fourth-order valence-corrected chi connectivity index (χ4v) is 3.89. The summed E-state index contributed by atoms with van der Waals surface area (Å²) in [5, 5.41) is 0. The van der Waals surface area contributed by atoms with E-state index in [0.717, 1.165) is 61.3 Å². The highest BCUT2D eigenvalue weighted by atomic mass is 19.0. The van der Waals surface area contributed by atoms with Gasteiger partial charge in [-0.2, -0.15) is 0 Å². The monoisotopic (exact) mass is 396 g/mol. The number of hydrogen-bond donors (Lipinski definition) is 0. The van der Waals surface area contributed by atoms with E-state index in [1.807, 2.05) is 36.5 Å². The summed E-state index contributed by atoms with van der Waals surface area (Å²) in [5.74, 6) is 0. The van der Waals surface area contributed by atoms with E-state index in [4.69, 9.17) is 0 Å². The third kappa shape index (κ3) is 11.8. The Morgan fingerprint density at radius 1 is 0.393 bits per heavy atom. The van der Waals surface area contributed by atoms with Gasteiger partial charge in [-0.1, -0.05) is 39.5 Å². The molecule has 0 amide bonds. The van der Waals surface area contributed by atoms with Gasteiger partial charge in [-0.3, -0.25) is 0 Å². The minimum absolute atomic E-state index is 0. The lowest BCUT2D eigenvalue weighted by atomic mass is 10.1. The predicted molar refractivity (Wildman–Crippen MR) is 119 cm³/mol. The van der Waals surface area contributed by atoms with E-state index in [9.17, 15) is 0 Å². The first-order valence-corrected chi connectivity index (χ1v) is 9.93. The van der Waals surface area contributed by atoms with Crippen LogP contribution in [0.1, 0.15) is 25.7 Å². The summed E-state index contributed by atoms with van der Waals surface area (Å²) in [6, 6.07) is 0. The van der Waals surface area contributed by atoms with Crippen LogP contribution in [0.3, 0.4) is 0 Å².